The Hall–Kier alpha value is -3.13. The molecule has 0 atom stereocenters. The van der Waals surface area contributed by atoms with Gasteiger partial charge in [0.2, 0.25) is 5.95 Å². The summed E-state index contributed by atoms with van der Waals surface area (Å²) < 4.78 is 41.5. The molecule has 8 heteroatoms. The van der Waals surface area contributed by atoms with Gasteiger partial charge in [-0.05, 0) is 41.8 Å². The molecule has 27 heavy (non-hydrogen) atoms. The van der Waals surface area contributed by atoms with E-state index in [0.717, 1.165) is 17.7 Å². The summed E-state index contributed by atoms with van der Waals surface area (Å²) in [4.78, 5) is 15.6. The summed E-state index contributed by atoms with van der Waals surface area (Å²) in [5.74, 6) is -3.97. The van der Waals surface area contributed by atoms with Crippen molar-refractivity contribution < 1.29 is 18.3 Å². The predicted octanol–water partition coefficient (Wildman–Crippen LogP) is 3.25. The zero-order chi connectivity index (χ0) is 19.6. The van der Waals surface area contributed by atoms with Crippen molar-refractivity contribution in [1.82, 2.24) is 9.55 Å². The molecule has 0 fully saturated rings. The van der Waals surface area contributed by atoms with Gasteiger partial charge in [0.25, 0.3) is 5.56 Å². The second kappa shape index (κ2) is 7.63. The minimum atomic E-state index is -1.54. The van der Waals surface area contributed by atoms with Gasteiger partial charge in [-0.2, -0.15) is 4.98 Å². The number of aryl methyl sites for hydroxylation is 1. The van der Waals surface area contributed by atoms with Crippen molar-refractivity contribution in [3.63, 3.8) is 0 Å². The molecule has 0 bridgehead atoms. The van der Waals surface area contributed by atoms with Gasteiger partial charge in [0.05, 0.1) is 13.2 Å². The lowest BCUT2D eigenvalue weighted by molar-refractivity contribution is 0.282. The Morgan fingerprint density at radius 3 is 2.44 bits per heavy atom. The van der Waals surface area contributed by atoms with Gasteiger partial charge in [-0.25, -0.2) is 13.2 Å². The molecular formula is C19H16F3N3O2. The lowest BCUT2D eigenvalue weighted by Crippen LogP contribution is -2.16. The minimum Gasteiger partial charge on any atom is -0.392 e. The fourth-order valence-electron chi connectivity index (χ4n) is 2.58. The van der Waals surface area contributed by atoms with E-state index in [1.165, 1.54) is 16.8 Å². The first kappa shape index (κ1) is 18.7. The van der Waals surface area contributed by atoms with E-state index in [1.54, 1.807) is 18.2 Å². The van der Waals surface area contributed by atoms with Gasteiger partial charge in [-0.3, -0.25) is 4.79 Å². The summed E-state index contributed by atoms with van der Waals surface area (Å²) in [6, 6.07) is 8.24. The van der Waals surface area contributed by atoms with E-state index >= 15 is 0 Å². The number of aliphatic hydroxyl groups excluding tert-OH is 1. The third-order valence-electron chi connectivity index (χ3n) is 4.01. The van der Waals surface area contributed by atoms with E-state index < -0.39 is 23.0 Å². The van der Waals surface area contributed by atoms with Crippen LogP contribution in [0, 0.1) is 24.4 Å². The summed E-state index contributed by atoms with van der Waals surface area (Å²) in [6.45, 7) is 1.64. The van der Waals surface area contributed by atoms with Crippen LogP contribution < -0.4 is 10.9 Å². The molecule has 5 nitrogen and oxygen atoms in total. The fraction of sp³-hybridized carbons (Fsp3) is 0.158. The Bertz CT molecular complexity index is 1030. The first-order valence-electron chi connectivity index (χ1n) is 8.05. The van der Waals surface area contributed by atoms with E-state index in [1.807, 2.05) is 6.92 Å². The highest BCUT2D eigenvalue weighted by Crippen LogP contribution is 2.22. The second-order valence-corrected chi connectivity index (χ2v) is 6.02. The average Bonchev–Trinajstić information content (AvgIpc) is 2.63. The molecule has 0 saturated heterocycles. The quantitative estimate of drug-likeness (QED) is 0.672. The summed E-state index contributed by atoms with van der Waals surface area (Å²) in [7, 11) is 0. The summed E-state index contributed by atoms with van der Waals surface area (Å²) >= 11 is 0. The molecule has 3 rings (SSSR count). The Morgan fingerprint density at radius 1 is 1.07 bits per heavy atom. The number of rotatable bonds is 5. The normalized spacial score (nSPS) is 10.9. The molecule has 1 aromatic heterocycles. The second-order valence-electron chi connectivity index (χ2n) is 6.02. The predicted molar refractivity (Wildman–Crippen MR) is 94.3 cm³/mol. The average molecular weight is 375 g/mol. The molecule has 0 aliphatic carbocycles. The van der Waals surface area contributed by atoms with Gasteiger partial charge in [-0.15, -0.1) is 0 Å². The number of aliphatic hydroxyl groups is 1. The molecule has 0 aliphatic heterocycles. The van der Waals surface area contributed by atoms with Crippen LogP contribution in [0.2, 0.25) is 0 Å². The SMILES string of the molecule is Cc1ccc(CO)cc1Nc1nc(=O)ccn1Cc1cc(F)c(F)c(F)c1. The number of aromatic nitrogens is 2. The van der Waals surface area contributed by atoms with E-state index in [4.69, 9.17) is 0 Å². The van der Waals surface area contributed by atoms with Crippen molar-refractivity contribution in [3.05, 3.63) is 87.1 Å². The first-order valence-corrected chi connectivity index (χ1v) is 8.05. The van der Waals surface area contributed by atoms with Crippen molar-refractivity contribution in [3.8, 4) is 0 Å². The molecule has 140 valence electrons. The first-order chi connectivity index (χ1) is 12.9. The monoisotopic (exact) mass is 375 g/mol. The molecule has 0 radical (unpaired) electrons. The topological polar surface area (TPSA) is 67.2 Å². The number of nitrogens with one attached hydrogen (secondary N) is 1. The summed E-state index contributed by atoms with van der Waals surface area (Å²) in [6.07, 6.45) is 1.42. The van der Waals surface area contributed by atoms with Crippen molar-refractivity contribution in [2.75, 3.05) is 5.32 Å². The zero-order valence-electron chi connectivity index (χ0n) is 14.3. The fourth-order valence-corrected chi connectivity index (χ4v) is 2.58. The van der Waals surface area contributed by atoms with Crippen LogP contribution in [0.15, 0.2) is 47.4 Å². The number of benzene rings is 2. The third-order valence-corrected chi connectivity index (χ3v) is 4.01. The number of hydrogen-bond donors (Lipinski definition) is 2. The van der Waals surface area contributed by atoms with E-state index in [9.17, 15) is 23.1 Å². The van der Waals surface area contributed by atoms with Crippen LogP contribution in [0.25, 0.3) is 0 Å². The van der Waals surface area contributed by atoms with Gasteiger partial charge in [0, 0.05) is 18.0 Å². The van der Waals surface area contributed by atoms with Gasteiger partial charge < -0.3 is 15.0 Å². The Balaban J connectivity index is 1.98. The van der Waals surface area contributed by atoms with Crippen molar-refractivity contribution in [1.29, 1.82) is 0 Å². The maximum Gasteiger partial charge on any atom is 0.274 e. The maximum atomic E-state index is 13.5. The Kier molecular flexibility index (Phi) is 5.27. The van der Waals surface area contributed by atoms with Crippen molar-refractivity contribution >= 4 is 11.6 Å². The molecule has 0 aliphatic rings. The molecular weight excluding hydrogens is 359 g/mol. The van der Waals surface area contributed by atoms with Crippen LogP contribution in [-0.4, -0.2) is 14.7 Å². The molecule has 2 N–H and O–H groups in total. The standard InChI is InChI=1S/C19H16F3N3O2/c1-11-2-3-12(10-26)8-16(11)23-19-24-17(27)4-5-25(19)9-13-6-14(20)18(22)15(21)7-13/h2-8,26H,9-10H2,1H3,(H,23,24,27). The van der Waals surface area contributed by atoms with E-state index in [2.05, 4.69) is 10.3 Å². The molecule has 0 amide bonds. The van der Waals surface area contributed by atoms with Crippen molar-refractivity contribution in [2.24, 2.45) is 0 Å². The molecule has 3 aromatic rings. The third kappa shape index (κ3) is 4.17. The molecule has 0 unspecified atom stereocenters. The lowest BCUT2D eigenvalue weighted by Gasteiger charge is -2.16. The van der Waals surface area contributed by atoms with Crippen LogP contribution in [0.5, 0.6) is 0 Å². The minimum absolute atomic E-state index is 0.0392. The van der Waals surface area contributed by atoms with Crippen LogP contribution in [0.4, 0.5) is 24.8 Å². The smallest absolute Gasteiger partial charge is 0.274 e. The van der Waals surface area contributed by atoms with Gasteiger partial charge in [0.1, 0.15) is 0 Å². The van der Waals surface area contributed by atoms with E-state index in [0.29, 0.717) is 11.3 Å². The number of nitrogens with zero attached hydrogens (tertiary/aromatic N) is 2. The van der Waals surface area contributed by atoms with Crippen LogP contribution in [-0.2, 0) is 13.2 Å². The van der Waals surface area contributed by atoms with Crippen LogP contribution >= 0.6 is 0 Å². The zero-order valence-corrected chi connectivity index (χ0v) is 14.3. The Labute approximate surface area is 152 Å². The van der Waals surface area contributed by atoms with E-state index in [-0.39, 0.29) is 24.7 Å². The highest BCUT2D eigenvalue weighted by atomic mass is 19.2. The maximum absolute atomic E-state index is 13.5. The number of hydrogen-bond acceptors (Lipinski definition) is 4. The van der Waals surface area contributed by atoms with Crippen LogP contribution in [0.3, 0.4) is 0 Å². The largest absolute Gasteiger partial charge is 0.392 e. The summed E-state index contributed by atoms with van der Waals surface area (Å²) in [5.41, 5.74) is 1.79. The summed E-state index contributed by atoms with van der Waals surface area (Å²) in [5, 5.41) is 12.3. The molecule has 2 aromatic carbocycles. The Morgan fingerprint density at radius 2 is 1.78 bits per heavy atom. The van der Waals surface area contributed by atoms with Gasteiger partial charge in [0.15, 0.2) is 17.5 Å². The van der Waals surface area contributed by atoms with Gasteiger partial charge >= 0.3 is 0 Å². The molecule has 0 spiro atoms. The van der Waals surface area contributed by atoms with Gasteiger partial charge in [-0.1, -0.05) is 12.1 Å². The highest BCUT2D eigenvalue weighted by molar-refractivity contribution is 5.59. The van der Waals surface area contributed by atoms with Crippen LogP contribution in [0.1, 0.15) is 16.7 Å². The highest BCUT2D eigenvalue weighted by Gasteiger charge is 2.12. The molecule has 1 heterocycles. The molecule has 0 saturated carbocycles. The number of halogens is 3. The lowest BCUT2D eigenvalue weighted by atomic mass is 10.1. The number of anilines is 2. The van der Waals surface area contributed by atoms with Crippen molar-refractivity contribution in [2.45, 2.75) is 20.1 Å².